The molecule has 3 N–H and O–H groups in total. The van der Waals surface area contributed by atoms with E-state index >= 15 is 0 Å². The summed E-state index contributed by atoms with van der Waals surface area (Å²) in [7, 11) is 0. The van der Waals surface area contributed by atoms with Crippen LogP contribution < -0.4 is 5.32 Å². The maximum Gasteiger partial charge on any atom is 0.407 e. The van der Waals surface area contributed by atoms with Gasteiger partial charge in [0, 0.05) is 5.56 Å². The molecule has 0 fully saturated rings. The summed E-state index contributed by atoms with van der Waals surface area (Å²) in [5.41, 5.74) is -2.80. The summed E-state index contributed by atoms with van der Waals surface area (Å²) in [6.45, 7) is 7.38. The van der Waals surface area contributed by atoms with Crippen molar-refractivity contribution in [2.45, 2.75) is 52.7 Å². The Labute approximate surface area is 185 Å². The van der Waals surface area contributed by atoms with Crippen LogP contribution >= 0.6 is 0 Å². The molecule has 0 saturated carbocycles. The van der Waals surface area contributed by atoms with Gasteiger partial charge in [0.25, 0.3) is 0 Å². The highest BCUT2D eigenvalue weighted by Gasteiger charge is 2.49. The highest BCUT2D eigenvalue weighted by Crippen LogP contribution is 2.32. The molecule has 0 aliphatic rings. The Morgan fingerprint density at radius 1 is 0.969 bits per heavy atom. The second-order valence-corrected chi connectivity index (χ2v) is 8.36. The van der Waals surface area contributed by atoms with Crippen molar-refractivity contribution in [2.75, 3.05) is 6.61 Å². The van der Waals surface area contributed by atoms with Crippen molar-refractivity contribution in [3.63, 3.8) is 0 Å². The average Bonchev–Trinajstić information content (AvgIpc) is 2.65. The molecular formula is C22H29NO9. The van der Waals surface area contributed by atoms with Crippen LogP contribution in [0.2, 0.25) is 0 Å². The van der Waals surface area contributed by atoms with Crippen LogP contribution in [0, 0.1) is 11.3 Å². The van der Waals surface area contributed by atoms with E-state index in [9.17, 15) is 34.2 Å². The second-order valence-electron chi connectivity index (χ2n) is 8.36. The van der Waals surface area contributed by atoms with Crippen molar-refractivity contribution in [2.24, 2.45) is 11.3 Å². The number of carbonyl (C=O) groups excluding carboxylic acids is 3. The van der Waals surface area contributed by atoms with Crippen molar-refractivity contribution in [3.8, 4) is 0 Å². The normalized spacial score (nSPS) is 14.1. The quantitative estimate of drug-likeness (QED) is 0.276. The zero-order chi connectivity index (χ0) is 24.7. The highest BCUT2D eigenvalue weighted by atomic mass is 16.6. The Balaban J connectivity index is 3.46. The lowest BCUT2D eigenvalue weighted by atomic mass is 9.74. The summed E-state index contributed by atoms with van der Waals surface area (Å²) in [6.07, 6.45) is -1.74. The monoisotopic (exact) mass is 451 g/mol. The Kier molecular flexibility index (Phi) is 8.93. The Hall–Kier alpha value is -3.43. The maximum atomic E-state index is 13.3. The fraction of sp³-hybridized carbons (Fsp3) is 0.500. The highest BCUT2D eigenvalue weighted by molar-refractivity contribution is 6.12. The van der Waals surface area contributed by atoms with Gasteiger partial charge in [-0.2, -0.15) is 0 Å². The maximum absolute atomic E-state index is 13.3. The molecule has 10 heteroatoms. The molecule has 32 heavy (non-hydrogen) atoms. The number of hydrogen-bond donors (Lipinski definition) is 3. The number of rotatable bonds is 10. The zero-order valence-corrected chi connectivity index (χ0v) is 18.7. The number of esters is 1. The standard InChI is InChI=1S/C22H29NO9/c1-6-31-19(29)22(5,16(24)13-10-8-7-9-11-13)12-14(15(17(25)26)18(27)28)23-20(30)32-21(2,3)4/h7-11,14-15H,6,12H2,1-5H3,(H,23,30)(H,25,26)(H,27,28)/t14-,22?/m0/s1. The van der Waals surface area contributed by atoms with Crippen LogP contribution in [0.25, 0.3) is 0 Å². The summed E-state index contributed by atoms with van der Waals surface area (Å²) >= 11 is 0. The van der Waals surface area contributed by atoms with Gasteiger partial charge in [-0.05, 0) is 41.0 Å². The first-order chi connectivity index (χ1) is 14.7. The van der Waals surface area contributed by atoms with Crippen molar-refractivity contribution in [1.29, 1.82) is 0 Å². The predicted molar refractivity (Wildman–Crippen MR) is 112 cm³/mol. The van der Waals surface area contributed by atoms with E-state index in [1.807, 2.05) is 0 Å². The van der Waals surface area contributed by atoms with Crippen LogP contribution in [0.3, 0.4) is 0 Å². The Morgan fingerprint density at radius 3 is 1.94 bits per heavy atom. The topological polar surface area (TPSA) is 156 Å². The molecule has 10 nitrogen and oxygen atoms in total. The molecule has 2 atom stereocenters. The largest absolute Gasteiger partial charge is 0.481 e. The molecule has 0 aliphatic carbocycles. The van der Waals surface area contributed by atoms with Gasteiger partial charge in [0.1, 0.15) is 11.0 Å². The molecule has 176 valence electrons. The van der Waals surface area contributed by atoms with E-state index in [-0.39, 0.29) is 12.2 Å². The summed E-state index contributed by atoms with van der Waals surface area (Å²) in [5.74, 6) is -7.34. The summed E-state index contributed by atoms with van der Waals surface area (Å²) in [6, 6.07) is 6.07. The van der Waals surface area contributed by atoms with Gasteiger partial charge >= 0.3 is 24.0 Å². The molecule has 0 aromatic heterocycles. The van der Waals surface area contributed by atoms with Crippen LogP contribution in [-0.4, -0.2) is 58.2 Å². The third kappa shape index (κ3) is 7.07. The van der Waals surface area contributed by atoms with Gasteiger partial charge in [-0.25, -0.2) is 4.79 Å². The molecule has 1 unspecified atom stereocenters. The minimum absolute atomic E-state index is 0.0675. The number of carboxylic acids is 2. The molecule has 0 heterocycles. The minimum atomic E-state index is -2.15. The SMILES string of the molecule is CCOC(=O)C(C)(C[C@H](NC(=O)OC(C)(C)C)C(C(=O)O)C(=O)O)C(=O)c1ccccc1. The first-order valence-electron chi connectivity index (χ1n) is 9.95. The van der Waals surface area contributed by atoms with Crippen LogP contribution in [0.5, 0.6) is 0 Å². The third-order valence-electron chi connectivity index (χ3n) is 4.53. The van der Waals surface area contributed by atoms with Crippen LogP contribution in [0.4, 0.5) is 4.79 Å². The second kappa shape index (κ2) is 10.7. The number of Topliss-reactive ketones (excluding diaryl/α,β-unsaturated/α-hetero) is 1. The molecule has 0 aliphatic heterocycles. The first kappa shape index (κ1) is 26.6. The fourth-order valence-corrected chi connectivity index (χ4v) is 3.07. The molecule has 1 amide bonds. The first-order valence-corrected chi connectivity index (χ1v) is 9.95. The molecule has 1 rings (SSSR count). The van der Waals surface area contributed by atoms with E-state index in [2.05, 4.69) is 5.32 Å². The summed E-state index contributed by atoms with van der Waals surface area (Å²) in [4.78, 5) is 61.8. The summed E-state index contributed by atoms with van der Waals surface area (Å²) in [5, 5.41) is 21.2. The number of carbonyl (C=O) groups is 5. The van der Waals surface area contributed by atoms with Gasteiger partial charge < -0.3 is 25.0 Å². The lowest BCUT2D eigenvalue weighted by Crippen LogP contribution is -2.53. The van der Waals surface area contributed by atoms with Crippen molar-refractivity contribution in [1.82, 2.24) is 5.32 Å². The molecule has 0 spiro atoms. The lowest BCUT2D eigenvalue weighted by Gasteiger charge is -2.32. The van der Waals surface area contributed by atoms with Crippen LogP contribution in [0.15, 0.2) is 30.3 Å². The minimum Gasteiger partial charge on any atom is -0.481 e. The number of nitrogens with one attached hydrogen (secondary N) is 1. The Morgan fingerprint density at radius 2 is 1.50 bits per heavy atom. The predicted octanol–water partition coefficient (Wildman–Crippen LogP) is 2.51. The van der Waals surface area contributed by atoms with E-state index < -0.39 is 59.2 Å². The van der Waals surface area contributed by atoms with Gasteiger partial charge in [0.2, 0.25) is 0 Å². The molecule has 0 saturated heterocycles. The number of benzene rings is 1. The van der Waals surface area contributed by atoms with Gasteiger partial charge in [-0.3, -0.25) is 19.2 Å². The zero-order valence-electron chi connectivity index (χ0n) is 18.7. The van der Waals surface area contributed by atoms with Gasteiger partial charge in [0.05, 0.1) is 12.6 Å². The third-order valence-corrected chi connectivity index (χ3v) is 4.53. The number of alkyl carbamates (subject to hydrolysis) is 1. The van der Waals surface area contributed by atoms with Crippen LogP contribution in [0.1, 0.15) is 51.4 Å². The number of amides is 1. The van der Waals surface area contributed by atoms with Gasteiger partial charge in [0.15, 0.2) is 11.7 Å². The van der Waals surface area contributed by atoms with Crippen LogP contribution in [-0.2, 0) is 23.9 Å². The number of hydrogen-bond acceptors (Lipinski definition) is 7. The average molecular weight is 451 g/mol. The molecular weight excluding hydrogens is 422 g/mol. The van der Waals surface area contributed by atoms with Crippen molar-refractivity contribution >= 4 is 29.8 Å². The van der Waals surface area contributed by atoms with Gasteiger partial charge in [-0.15, -0.1) is 0 Å². The molecule has 1 aromatic carbocycles. The Bertz CT molecular complexity index is 846. The smallest absolute Gasteiger partial charge is 0.407 e. The summed E-state index contributed by atoms with van der Waals surface area (Å²) < 4.78 is 10.1. The molecule has 0 bridgehead atoms. The molecule has 0 radical (unpaired) electrons. The van der Waals surface area contributed by atoms with Gasteiger partial charge in [-0.1, -0.05) is 30.3 Å². The number of ketones is 1. The van der Waals surface area contributed by atoms with Crippen molar-refractivity contribution in [3.05, 3.63) is 35.9 Å². The lowest BCUT2D eigenvalue weighted by molar-refractivity contribution is -0.159. The van der Waals surface area contributed by atoms with E-state index in [1.54, 1.807) is 39.0 Å². The van der Waals surface area contributed by atoms with E-state index in [0.29, 0.717) is 0 Å². The fourth-order valence-electron chi connectivity index (χ4n) is 3.07. The number of aliphatic carboxylic acids is 2. The van der Waals surface area contributed by atoms with E-state index in [0.717, 1.165) is 0 Å². The van der Waals surface area contributed by atoms with Crippen molar-refractivity contribution < 1.29 is 43.7 Å². The number of carboxylic acid groups (broad SMARTS) is 2. The van der Waals surface area contributed by atoms with E-state index in [4.69, 9.17) is 9.47 Å². The molecule has 1 aromatic rings. The van der Waals surface area contributed by atoms with E-state index in [1.165, 1.54) is 26.0 Å². The number of ether oxygens (including phenoxy) is 2.